The van der Waals surface area contributed by atoms with E-state index < -0.39 is 0 Å². The van der Waals surface area contributed by atoms with Gasteiger partial charge in [-0.05, 0) is 18.9 Å². The van der Waals surface area contributed by atoms with Gasteiger partial charge in [-0.15, -0.1) is 11.3 Å². The van der Waals surface area contributed by atoms with E-state index in [1.807, 2.05) is 23.1 Å². The molecule has 1 unspecified atom stereocenters. The fraction of sp³-hybridized carbons (Fsp3) is 0.786. The molecule has 1 atom stereocenters. The molecule has 1 aliphatic heterocycles. The lowest BCUT2D eigenvalue weighted by Crippen LogP contribution is -2.15. The zero-order valence-corrected chi connectivity index (χ0v) is 13.7. The Hall–Kier alpha value is -0.100. The predicted octanol–water partition coefficient (Wildman–Crippen LogP) is 3.57. The Balaban J connectivity index is 2.09. The molecule has 19 heavy (non-hydrogen) atoms. The Morgan fingerprint density at radius 3 is 2.95 bits per heavy atom. The number of hydrogen-bond donors (Lipinski definition) is 1. The molecule has 0 aromatic carbocycles. The Labute approximate surface area is 124 Å². The normalized spacial score (nSPS) is 20.1. The summed E-state index contributed by atoms with van der Waals surface area (Å²) in [7, 11) is 0. The molecule has 0 spiro atoms. The minimum atomic E-state index is 0.209. The van der Waals surface area contributed by atoms with Crippen LogP contribution in [0.15, 0.2) is 0 Å². The number of thiazole rings is 1. The number of thioether (sulfide) groups is 1. The SMILES string of the molecule is CCCNCc1sc(C2CSCCO2)nc1C(C)C. The van der Waals surface area contributed by atoms with Crippen molar-refractivity contribution in [2.45, 2.75) is 45.8 Å². The van der Waals surface area contributed by atoms with Gasteiger partial charge < -0.3 is 10.1 Å². The van der Waals surface area contributed by atoms with Crippen LogP contribution in [0, 0.1) is 0 Å². The third-order valence-corrected chi connectivity index (χ3v) is 5.25. The zero-order chi connectivity index (χ0) is 13.7. The summed E-state index contributed by atoms with van der Waals surface area (Å²) in [6.07, 6.45) is 1.38. The molecule has 2 rings (SSSR count). The minimum absolute atomic E-state index is 0.209. The molecule has 1 N–H and O–H groups in total. The molecule has 1 aromatic heterocycles. The highest BCUT2D eigenvalue weighted by molar-refractivity contribution is 7.99. The lowest BCUT2D eigenvalue weighted by atomic mass is 10.1. The van der Waals surface area contributed by atoms with Crippen molar-refractivity contribution >= 4 is 23.1 Å². The summed E-state index contributed by atoms with van der Waals surface area (Å²) in [5, 5.41) is 4.66. The van der Waals surface area contributed by atoms with Gasteiger partial charge in [-0.1, -0.05) is 20.8 Å². The second-order valence-corrected chi connectivity index (χ2v) is 7.39. The molecule has 1 aromatic rings. The van der Waals surface area contributed by atoms with Gasteiger partial charge in [0.05, 0.1) is 12.3 Å². The smallest absolute Gasteiger partial charge is 0.123 e. The van der Waals surface area contributed by atoms with Crippen LogP contribution in [0.5, 0.6) is 0 Å². The molecule has 0 amide bonds. The molecule has 0 saturated carbocycles. The maximum Gasteiger partial charge on any atom is 0.123 e. The summed E-state index contributed by atoms with van der Waals surface area (Å²) < 4.78 is 5.84. The maximum atomic E-state index is 5.84. The van der Waals surface area contributed by atoms with Gasteiger partial charge in [-0.3, -0.25) is 0 Å². The highest BCUT2D eigenvalue weighted by Crippen LogP contribution is 2.33. The third kappa shape index (κ3) is 4.18. The Kier molecular flexibility index (Phi) is 6.13. The first-order valence-electron chi connectivity index (χ1n) is 7.12. The van der Waals surface area contributed by atoms with E-state index >= 15 is 0 Å². The van der Waals surface area contributed by atoms with E-state index in [0.717, 1.165) is 31.2 Å². The zero-order valence-electron chi connectivity index (χ0n) is 12.1. The summed E-state index contributed by atoms with van der Waals surface area (Å²) in [5.74, 6) is 2.65. The first-order valence-corrected chi connectivity index (χ1v) is 9.09. The van der Waals surface area contributed by atoms with Gasteiger partial charge in [-0.25, -0.2) is 4.98 Å². The van der Waals surface area contributed by atoms with E-state index in [2.05, 4.69) is 26.1 Å². The van der Waals surface area contributed by atoms with E-state index in [1.54, 1.807) is 0 Å². The molecule has 1 saturated heterocycles. The molecular formula is C14H24N2OS2. The number of hydrogen-bond acceptors (Lipinski definition) is 5. The Bertz CT molecular complexity index is 387. The predicted molar refractivity (Wildman–Crippen MR) is 84.2 cm³/mol. The van der Waals surface area contributed by atoms with Crippen molar-refractivity contribution in [1.82, 2.24) is 10.3 Å². The number of aromatic nitrogens is 1. The molecule has 5 heteroatoms. The molecule has 3 nitrogen and oxygen atoms in total. The van der Waals surface area contributed by atoms with Crippen LogP contribution in [0.2, 0.25) is 0 Å². The average molecular weight is 300 g/mol. The van der Waals surface area contributed by atoms with E-state index in [4.69, 9.17) is 9.72 Å². The van der Waals surface area contributed by atoms with Gasteiger partial charge in [0, 0.05) is 22.9 Å². The lowest BCUT2D eigenvalue weighted by molar-refractivity contribution is 0.0754. The first kappa shape index (κ1) is 15.3. The molecule has 108 valence electrons. The maximum absolute atomic E-state index is 5.84. The lowest BCUT2D eigenvalue weighted by Gasteiger charge is -2.19. The molecule has 0 bridgehead atoms. The second kappa shape index (κ2) is 7.62. The minimum Gasteiger partial charge on any atom is -0.369 e. The summed E-state index contributed by atoms with van der Waals surface area (Å²) in [5.41, 5.74) is 1.25. The summed E-state index contributed by atoms with van der Waals surface area (Å²) in [6, 6.07) is 0. The largest absolute Gasteiger partial charge is 0.369 e. The topological polar surface area (TPSA) is 34.1 Å². The van der Waals surface area contributed by atoms with E-state index in [1.165, 1.54) is 22.0 Å². The van der Waals surface area contributed by atoms with Crippen LogP contribution >= 0.6 is 23.1 Å². The molecule has 1 aliphatic rings. The van der Waals surface area contributed by atoms with Gasteiger partial charge in [0.2, 0.25) is 0 Å². The standard InChI is InChI=1S/C14H24N2OS2/c1-4-5-15-8-12-13(10(2)3)16-14(19-12)11-9-18-7-6-17-11/h10-11,15H,4-9H2,1-3H3. The fourth-order valence-electron chi connectivity index (χ4n) is 2.11. The number of nitrogens with one attached hydrogen (secondary N) is 1. The molecular weight excluding hydrogens is 276 g/mol. The van der Waals surface area contributed by atoms with Crippen LogP contribution in [0.4, 0.5) is 0 Å². The van der Waals surface area contributed by atoms with Crippen LogP contribution in [0.25, 0.3) is 0 Å². The van der Waals surface area contributed by atoms with Crippen molar-refractivity contribution in [3.05, 3.63) is 15.6 Å². The van der Waals surface area contributed by atoms with E-state index in [-0.39, 0.29) is 6.10 Å². The van der Waals surface area contributed by atoms with Crippen molar-refractivity contribution in [1.29, 1.82) is 0 Å². The van der Waals surface area contributed by atoms with E-state index in [9.17, 15) is 0 Å². The summed E-state index contributed by atoms with van der Waals surface area (Å²) in [6.45, 7) is 9.51. The van der Waals surface area contributed by atoms with Gasteiger partial charge in [0.1, 0.15) is 11.1 Å². The number of ether oxygens (including phenoxy) is 1. The van der Waals surface area contributed by atoms with E-state index in [0.29, 0.717) is 5.92 Å². The van der Waals surface area contributed by atoms with Crippen molar-refractivity contribution in [3.8, 4) is 0 Å². The average Bonchev–Trinajstić information content (AvgIpc) is 2.84. The van der Waals surface area contributed by atoms with Crippen molar-refractivity contribution in [2.24, 2.45) is 0 Å². The molecule has 0 aliphatic carbocycles. The van der Waals surface area contributed by atoms with Crippen molar-refractivity contribution in [2.75, 3.05) is 24.7 Å². The fourth-order valence-corrected chi connectivity index (χ4v) is 4.30. The summed E-state index contributed by atoms with van der Waals surface area (Å²) in [4.78, 5) is 6.24. The van der Waals surface area contributed by atoms with Crippen LogP contribution in [-0.2, 0) is 11.3 Å². The Morgan fingerprint density at radius 2 is 2.32 bits per heavy atom. The van der Waals surface area contributed by atoms with Gasteiger partial charge in [0.15, 0.2) is 0 Å². The van der Waals surface area contributed by atoms with Crippen LogP contribution in [-0.4, -0.2) is 29.6 Å². The highest BCUT2D eigenvalue weighted by Gasteiger charge is 2.23. The van der Waals surface area contributed by atoms with Crippen molar-refractivity contribution in [3.63, 3.8) is 0 Å². The third-order valence-electron chi connectivity index (χ3n) is 3.09. The monoisotopic (exact) mass is 300 g/mol. The van der Waals surface area contributed by atoms with Crippen LogP contribution in [0.3, 0.4) is 0 Å². The molecule has 1 fully saturated rings. The second-order valence-electron chi connectivity index (χ2n) is 5.13. The van der Waals surface area contributed by atoms with Crippen molar-refractivity contribution < 1.29 is 4.74 Å². The van der Waals surface area contributed by atoms with Gasteiger partial charge in [-0.2, -0.15) is 11.8 Å². The van der Waals surface area contributed by atoms with Gasteiger partial charge >= 0.3 is 0 Å². The quantitative estimate of drug-likeness (QED) is 0.814. The number of nitrogens with zero attached hydrogens (tertiary/aromatic N) is 1. The van der Waals surface area contributed by atoms with Crippen LogP contribution < -0.4 is 5.32 Å². The van der Waals surface area contributed by atoms with Crippen LogP contribution in [0.1, 0.15) is 54.8 Å². The van der Waals surface area contributed by atoms with Gasteiger partial charge in [0.25, 0.3) is 0 Å². The molecule has 0 radical (unpaired) electrons. The molecule has 2 heterocycles. The number of rotatable bonds is 6. The summed E-state index contributed by atoms with van der Waals surface area (Å²) >= 11 is 3.80. The first-order chi connectivity index (χ1) is 9.22. The Morgan fingerprint density at radius 1 is 1.47 bits per heavy atom. The highest BCUT2D eigenvalue weighted by atomic mass is 32.2.